The van der Waals surface area contributed by atoms with Crippen molar-refractivity contribution in [2.45, 2.75) is 52.1 Å². The number of nitrogens with one attached hydrogen (secondary N) is 2. The molecule has 0 aliphatic rings. The zero-order chi connectivity index (χ0) is 17.1. The molecule has 5 nitrogen and oxygen atoms in total. The van der Waals surface area contributed by atoms with Crippen LogP contribution in [0.3, 0.4) is 0 Å². The fourth-order valence-electron chi connectivity index (χ4n) is 2.08. The number of hydrogen-bond acceptors (Lipinski definition) is 4. The van der Waals surface area contributed by atoms with Crippen LogP contribution in [0.15, 0.2) is 24.3 Å². The molecule has 0 aromatic heterocycles. The van der Waals surface area contributed by atoms with Crippen molar-refractivity contribution < 1.29 is 14.6 Å². The molecule has 0 atom stereocenters. The van der Waals surface area contributed by atoms with E-state index in [9.17, 15) is 4.79 Å². The van der Waals surface area contributed by atoms with Gasteiger partial charge in [0.25, 0.3) is 5.91 Å². The monoisotopic (exact) mass is 322 g/mol. The van der Waals surface area contributed by atoms with Gasteiger partial charge in [-0.3, -0.25) is 4.79 Å². The highest BCUT2D eigenvalue weighted by atomic mass is 16.5. The molecule has 0 aliphatic heterocycles. The van der Waals surface area contributed by atoms with Gasteiger partial charge in [-0.15, -0.1) is 0 Å². The van der Waals surface area contributed by atoms with Crippen LogP contribution in [0, 0.1) is 0 Å². The van der Waals surface area contributed by atoms with Gasteiger partial charge in [0.05, 0.1) is 0 Å². The molecule has 0 fully saturated rings. The van der Waals surface area contributed by atoms with Gasteiger partial charge in [-0.05, 0) is 64.3 Å². The Morgan fingerprint density at radius 1 is 1.13 bits per heavy atom. The maximum Gasteiger partial charge on any atom is 0.258 e. The molecule has 0 unspecified atom stereocenters. The molecule has 0 spiro atoms. The second-order valence-electron chi connectivity index (χ2n) is 6.69. The van der Waals surface area contributed by atoms with E-state index in [0.29, 0.717) is 5.75 Å². The number of unbranched alkanes of at least 4 members (excludes halogenated alkanes) is 2. The van der Waals surface area contributed by atoms with Crippen molar-refractivity contribution in [3.8, 4) is 5.75 Å². The van der Waals surface area contributed by atoms with Crippen LogP contribution in [0.5, 0.6) is 5.75 Å². The molecule has 1 rings (SSSR count). The molecule has 1 aromatic rings. The minimum absolute atomic E-state index is 0.0275. The number of ether oxygens (including phenoxy) is 1. The summed E-state index contributed by atoms with van der Waals surface area (Å²) in [7, 11) is 0. The van der Waals surface area contributed by atoms with E-state index in [1.165, 1.54) is 5.56 Å². The van der Waals surface area contributed by atoms with Crippen LogP contribution >= 0.6 is 0 Å². The number of hydrogen-bond donors (Lipinski definition) is 3. The first-order chi connectivity index (χ1) is 10.9. The van der Waals surface area contributed by atoms with Crippen molar-refractivity contribution in [1.82, 2.24) is 10.6 Å². The van der Waals surface area contributed by atoms with E-state index >= 15 is 0 Å². The summed E-state index contributed by atoms with van der Waals surface area (Å²) >= 11 is 0. The van der Waals surface area contributed by atoms with E-state index in [1.54, 1.807) is 0 Å². The van der Waals surface area contributed by atoms with Crippen LogP contribution in [0.25, 0.3) is 0 Å². The predicted octanol–water partition coefficient (Wildman–Crippen LogP) is 2.23. The van der Waals surface area contributed by atoms with Gasteiger partial charge >= 0.3 is 0 Å². The fourth-order valence-corrected chi connectivity index (χ4v) is 2.08. The minimum Gasteiger partial charge on any atom is -0.484 e. The number of aliphatic hydroxyl groups excluding tert-OH is 1. The Labute approximate surface area is 139 Å². The van der Waals surface area contributed by atoms with Crippen molar-refractivity contribution in [3.05, 3.63) is 29.8 Å². The van der Waals surface area contributed by atoms with Crippen LogP contribution in [0.4, 0.5) is 0 Å². The first kappa shape index (κ1) is 19.5. The highest BCUT2D eigenvalue weighted by Gasteiger charge is 2.13. The highest BCUT2D eigenvalue weighted by Crippen LogP contribution is 2.12. The smallest absolute Gasteiger partial charge is 0.258 e. The lowest BCUT2D eigenvalue weighted by atomic mass is 10.1. The molecule has 0 aliphatic carbocycles. The zero-order valence-corrected chi connectivity index (χ0v) is 14.5. The number of carbonyl (C=O) groups excluding carboxylic acids is 1. The zero-order valence-electron chi connectivity index (χ0n) is 14.5. The molecule has 0 saturated carbocycles. The number of benzene rings is 1. The Bertz CT molecular complexity index is 452. The third-order valence-electron chi connectivity index (χ3n) is 3.15. The molecule has 23 heavy (non-hydrogen) atoms. The van der Waals surface area contributed by atoms with E-state index in [1.807, 2.05) is 45.0 Å². The summed E-state index contributed by atoms with van der Waals surface area (Å²) in [6.07, 6.45) is 2.99. The Morgan fingerprint density at radius 2 is 1.83 bits per heavy atom. The van der Waals surface area contributed by atoms with Crippen LogP contribution in [-0.2, 0) is 11.3 Å². The SMILES string of the molecule is CC(C)(C)NC(=O)COc1ccc(CNCCCCCO)cc1. The summed E-state index contributed by atoms with van der Waals surface area (Å²) < 4.78 is 5.48. The standard InChI is InChI=1S/C18H30N2O3/c1-18(2,3)20-17(22)14-23-16-9-7-15(8-10-16)13-19-11-5-4-6-12-21/h7-10,19,21H,4-6,11-14H2,1-3H3,(H,20,22). The van der Waals surface area contributed by atoms with Crippen molar-refractivity contribution in [2.75, 3.05) is 19.8 Å². The van der Waals surface area contributed by atoms with Gasteiger partial charge in [-0.25, -0.2) is 0 Å². The summed E-state index contributed by atoms with van der Waals surface area (Å²) in [5.74, 6) is 0.576. The van der Waals surface area contributed by atoms with Gasteiger partial charge in [-0.2, -0.15) is 0 Å². The molecule has 0 heterocycles. The van der Waals surface area contributed by atoms with E-state index in [0.717, 1.165) is 32.4 Å². The van der Waals surface area contributed by atoms with Crippen LogP contribution in [0.2, 0.25) is 0 Å². The highest BCUT2D eigenvalue weighted by molar-refractivity contribution is 5.78. The third kappa shape index (κ3) is 9.92. The van der Waals surface area contributed by atoms with E-state index in [-0.39, 0.29) is 24.7 Å². The molecular formula is C18H30N2O3. The molecule has 0 radical (unpaired) electrons. The van der Waals surface area contributed by atoms with Crippen molar-refractivity contribution >= 4 is 5.91 Å². The molecule has 5 heteroatoms. The van der Waals surface area contributed by atoms with Gasteiger partial charge in [0, 0.05) is 18.7 Å². The topological polar surface area (TPSA) is 70.6 Å². The lowest BCUT2D eigenvalue weighted by Gasteiger charge is -2.20. The first-order valence-corrected chi connectivity index (χ1v) is 8.25. The van der Waals surface area contributed by atoms with Gasteiger partial charge < -0.3 is 20.5 Å². The second-order valence-corrected chi connectivity index (χ2v) is 6.69. The number of rotatable bonds is 10. The largest absolute Gasteiger partial charge is 0.484 e. The lowest BCUT2D eigenvalue weighted by Crippen LogP contribution is -2.43. The Balaban J connectivity index is 2.24. The molecular weight excluding hydrogens is 292 g/mol. The summed E-state index contributed by atoms with van der Waals surface area (Å²) in [6.45, 7) is 7.88. The molecule has 0 saturated heterocycles. The first-order valence-electron chi connectivity index (χ1n) is 8.25. The average molecular weight is 322 g/mol. The molecule has 3 N–H and O–H groups in total. The molecule has 130 valence electrons. The summed E-state index contributed by atoms with van der Waals surface area (Å²) in [6, 6.07) is 7.76. The number of amides is 1. The Morgan fingerprint density at radius 3 is 2.43 bits per heavy atom. The van der Waals surface area contributed by atoms with Crippen molar-refractivity contribution in [3.63, 3.8) is 0 Å². The summed E-state index contributed by atoms with van der Waals surface area (Å²) in [4.78, 5) is 11.7. The minimum atomic E-state index is -0.243. The van der Waals surface area contributed by atoms with Crippen LogP contribution in [0.1, 0.15) is 45.6 Å². The predicted molar refractivity (Wildman–Crippen MR) is 92.5 cm³/mol. The van der Waals surface area contributed by atoms with Crippen LogP contribution in [-0.4, -0.2) is 36.3 Å². The number of carbonyl (C=O) groups is 1. The number of aliphatic hydroxyl groups is 1. The Kier molecular flexibility index (Phi) is 8.66. The van der Waals surface area contributed by atoms with E-state index < -0.39 is 0 Å². The van der Waals surface area contributed by atoms with Gasteiger partial charge in [-0.1, -0.05) is 12.1 Å². The molecule has 0 bridgehead atoms. The maximum atomic E-state index is 11.7. The average Bonchev–Trinajstić information content (AvgIpc) is 2.48. The molecule has 1 aromatic carbocycles. The van der Waals surface area contributed by atoms with E-state index in [2.05, 4.69) is 10.6 Å². The second kappa shape index (κ2) is 10.2. The van der Waals surface area contributed by atoms with Crippen molar-refractivity contribution in [1.29, 1.82) is 0 Å². The fraction of sp³-hybridized carbons (Fsp3) is 0.611. The molecule has 1 amide bonds. The lowest BCUT2D eigenvalue weighted by molar-refractivity contribution is -0.124. The van der Waals surface area contributed by atoms with Crippen LogP contribution < -0.4 is 15.4 Å². The van der Waals surface area contributed by atoms with Gasteiger partial charge in [0.2, 0.25) is 0 Å². The summed E-state index contributed by atoms with van der Waals surface area (Å²) in [5, 5.41) is 14.9. The Hall–Kier alpha value is -1.59. The summed E-state index contributed by atoms with van der Waals surface area (Å²) in [5.41, 5.74) is 0.936. The maximum absolute atomic E-state index is 11.7. The van der Waals surface area contributed by atoms with Gasteiger partial charge in [0.15, 0.2) is 6.61 Å². The van der Waals surface area contributed by atoms with E-state index in [4.69, 9.17) is 9.84 Å². The van der Waals surface area contributed by atoms with Gasteiger partial charge in [0.1, 0.15) is 5.75 Å². The normalized spacial score (nSPS) is 11.3. The quantitative estimate of drug-likeness (QED) is 0.578. The third-order valence-corrected chi connectivity index (χ3v) is 3.15. The van der Waals surface area contributed by atoms with Crippen molar-refractivity contribution in [2.24, 2.45) is 0 Å².